The van der Waals surface area contributed by atoms with Crippen LogP contribution in [0, 0.1) is 0 Å². The second-order valence-electron chi connectivity index (χ2n) is 6.44. The summed E-state index contributed by atoms with van der Waals surface area (Å²) in [4.78, 5) is 19.8. The molecule has 0 radical (unpaired) electrons. The molecule has 0 atom stereocenters. The van der Waals surface area contributed by atoms with Gasteiger partial charge in [-0.05, 0) is 26.3 Å². The van der Waals surface area contributed by atoms with E-state index in [1.165, 1.54) is 18.5 Å². The molecule has 0 spiro atoms. The highest BCUT2D eigenvalue weighted by Crippen LogP contribution is 2.20. The minimum absolute atomic E-state index is 0.0525. The van der Waals surface area contributed by atoms with Crippen molar-refractivity contribution in [2.75, 3.05) is 0 Å². The average molecular weight is 387 g/mol. The molecule has 0 aromatic carbocycles. The third-order valence-electron chi connectivity index (χ3n) is 4.12. The molecule has 0 unspecified atom stereocenters. The zero-order chi connectivity index (χ0) is 19.6. The maximum atomic E-state index is 12.1. The minimum Gasteiger partial charge on any atom is -0.313 e. The number of sulfone groups is 1. The molecule has 142 valence electrons. The molecule has 0 N–H and O–H groups in total. The van der Waals surface area contributed by atoms with Crippen molar-refractivity contribution in [3.8, 4) is 16.8 Å². The second kappa shape index (κ2) is 7.43. The van der Waals surface area contributed by atoms with Crippen LogP contribution in [-0.4, -0.2) is 38.0 Å². The van der Waals surface area contributed by atoms with Gasteiger partial charge in [-0.3, -0.25) is 4.79 Å². The van der Waals surface area contributed by atoms with E-state index in [9.17, 15) is 13.2 Å². The number of rotatable bonds is 6. The molecule has 0 aliphatic carbocycles. The third-order valence-corrected chi connectivity index (χ3v) is 6.08. The molecular weight excluding hydrogens is 366 g/mol. The number of pyridine rings is 1. The fourth-order valence-electron chi connectivity index (χ4n) is 2.51. The van der Waals surface area contributed by atoms with Crippen LogP contribution in [0.5, 0.6) is 0 Å². The maximum absolute atomic E-state index is 12.1. The van der Waals surface area contributed by atoms with E-state index < -0.39 is 15.1 Å². The van der Waals surface area contributed by atoms with Crippen molar-refractivity contribution in [1.29, 1.82) is 0 Å². The summed E-state index contributed by atoms with van der Waals surface area (Å²) in [6, 6.07) is 3.22. The molecule has 0 fully saturated rings. The number of hydrogen-bond donors (Lipinski definition) is 0. The predicted molar refractivity (Wildman–Crippen MR) is 101 cm³/mol. The quantitative estimate of drug-likeness (QED) is 0.601. The topological polar surface area (TPSA) is 99.7 Å². The molecule has 0 aliphatic rings. The van der Waals surface area contributed by atoms with Gasteiger partial charge < -0.3 is 4.57 Å². The van der Waals surface area contributed by atoms with Gasteiger partial charge in [0.05, 0.1) is 17.1 Å². The lowest BCUT2D eigenvalue weighted by Gasteiger charge is -2.07. The molecule has 0 saturated carbocycles. The Hall–Kier alpha value is -2.81. The monoisotopic (exact) mass is 387 g/mol. The van der Waals surface area contributed by atoms with Crippen molar-refractivity contribution in [1.82, 2.24) is 24.3 Å². The van der Waals surface area contributed by atoms with E-state index >= 15 is 0 Å². The highest BCUT2D eigenvalue weighted by Gasteiger charge is 2.22. The van der Waals surface area contributed by atoms with Gasteiger partial charge in [-0.25, -0.2) is 23.1 Å². The Balaban J connectivity index is 1.90. The summed E-state index contributed by atoms with van der Waals surface area (Å²) in [7, 11) is -3.50. The van der Waals surface area contributed by atoms with Crippen molar-refractivity contribution in [3.05, 3.63) is 53.5 Å². The summed E-state index contributed by atoms with van der Waals surface area (Å²) in [5.74, 6) is 0. The summed E-state index contributed by atoms with van der Waals surface area (Å²) in [6.07, 6.45) is 8.99. The van der Waals surface area contributed by atoms with Crippen LogP contribution in [0.1, 0.15) is 27.2 Å². The van der Waals surface area contributed by atoms with E-state index in [2.05, 4.69) is 15.1 Å². The summed E-state index contributed by atoms with van der Waals surface area (Å²) < 4.78 is 27.5. The fraction of sp³-hybridized carbons (Fsp3) is 0.333. The molecule has 3 aromatic heterocycles. The number of aryl methyl sites for hydroxylation is 1. The van der Waals surface area contributed by atoms with Gasteiger partial charge in [0.15, 0.2) is 0 Å². The maximum Gasteiger partial charge on any atom is 0.250 e. The lowest BCUT2D eigenvalue weighted by molar-refractivity contribution is 0.578. The summed E-state index contributed by atoms with van der Waals surface area (Å²) in [5, 5.41) is 3.56. The van der Waals surface area contributed by atoms with Crippen molar-refractivity contribution >= 4 is 9.84 Å². The van der Waals surface area contributed by atoms with Crippen LogP contribution in [0.4, 0.5) is 0 Å². The van der Waals surface area contributed by atoms with Gasteiger partial charge in [0, 0.05) is 48.5 Å². The Bertz CT molecular complexity index is 1100. The summed E-state index contributed by atoms with van der Waals surface area (Å²) in [5.41, 5.74) is 2.11. The minimum atomic E-state index is -3.50. The molecule has 0 amide bonds. The van der Waals surface area contributed by atoms with Crippen molar-refractivity contribution in [3.63, 3.8) is 0 Å². The van der Waals surface area contributed by atoms with Crippen LogP contribution in [0.25, 0.3) is 16.8 Å². The lowest BCUT2D eigenvalue weighted by atomic mass is 10.2. The van der Waals surface area contributed by atoms with Crippen LogP contribution in [0.15, 0.2) is 53.1 Å². The Kier molecular flexibility index (Phi) is 5.22. The first kappa shape index (κ1) is 19.0. The zero-order valence-electron chi connectivity index (χ0n) is 15.4. The SMILES string of the molecule is CCCn1cc(-n2cc(-c3cnc(S(=O)(=O)C(C)C)nc3)cn2)ccc1=O. The first-order valence-corrected chi connectivity index (χ1v) is 10.2. The van der Waals surface area contributed by atoms with Crippen LogP contribution in [-0.2, 0) is 16.4 Å². The number of aromatic nitrogens is 5. The van der Waals surface area contributed by atoms with Gasteiger partial charge in [-0.1, -0.05) is 6.92 Å². The predicted octanol–water partition coefficient (Wildman–Crippen LogP) is 2.08. The van der Waals surface area contributed by atoms with Crippen molar-refractivity contribution < 1.29 is 8.42 Å². The van der Waals surface area contributed by atoms with Gasteiger partial charge in [-0.15, -0.1) is 0 Å². The fourth-order valence-corrected chi connectivity index (χ4v) is 3.33. The van der Waals surface area contributed by atoms with Crippen LogP contribution < -0.4 is 5.56 Å². The van der Waals surface area contributed by atoms with Gasteiger partial charge in [0.25, 0.3) is 5.56 Å². The van der Waals surface area contributed by atoms with Gasteiger partial charge >= 0.3 is 0 Å². The van der Waals surface area contributed by atoms with Crippen LogP contribution in [0.3, 0.4) is 0 Å². The number of nitrogens with zero attached hydrogens (tertiary/aromatic N) is 5. The highest BCUT2D eigenvalue weighted by molar-refractivity contribution is 7.91. The van der Waals surface area contributed by atoms with Crippen molar-refractivity contribution in [2.24, 2.45) is 0 Å². The van der Waals surface area contributed by atoms with E-state index in [1.54, 1.807) is 47.8 Å². The standard InChI is InChI=1S/C18H21N5O3S/c1-4-7-22-12-16(5-6-17(22)24)23-11-15(10-21-23)14-8-19-18(20-9-14)27(25,26)13(2)3/h5-6,8-13H,4,7H2,1-3H3. The molecule has 3 heterocycles. The normalized spacial score (nSPS) is 11.9. The molecule has 27 heavy (non-hydrogen) atoms. The first-order chi connectivity index (χ1) is 12.8. The summed E-state index contributed by atoms with van der Waals surface area (Å²) in [6.45, 7) is 5.83. The molecule has 0 saturated heterocycles. The highest BCUT2D eigenvalue weighted by atomic mass is 32.2. The van der Waals surface area contributed by atoms with Gasteiger partial charge in [0.2, 0.25) is 15.0 Å². The molecule has 3 aromatic rings. The number of hydrogen-bond acceptors (Lipinski definition) is 6. The molecule has 0 bridgehead atoms. The smallest absolute Gasteiger partial charge is 0.250 e. The lowest BCUT2D eigenvalue weighted by Crippen LogP contribution is -2.19. The summed E-state index contributed by atoms with van der Waals surface area (Å²) >= 11 is 0. The van der Waals surface area contributed by atoms with E-state index in [4.69, 9.17) is 0 Å². The Labute approximate surface area is 157 Å². The van der Waals surface area contributed by atoms with Crippen LogP contribution in [0.2, 0.25) is 0 Å². The average Bonchev–Trinajstić information content (AvgIpc) is 3.14. The Morgan fingerprint density at radius 3 is 2.37 bits per heavy atom. The first-order valence-electron chi connectivity index (χ1n) is 8.64. The Morgan fingerprint density at radius 1 is 1.04 bits per heavy atom. The molecule has 9 heteroatoms. The van der Waals surface area contributed by atoms with Crippen molar-refractivity contribution in [2.45, 2.75) is 44.1 Å². The zero-order valence-corrected chi connectivity index (χ0v) is 16.2. The van der Waals surface area contributed by atoms with Gasteiger partial charge in [0.1, 0.15) is 0 Å². The second-order valence-corrected chi connectivity index (χ2v) is 8.84. The van der Waals surface area contributed by atoms with E-state index in [0.717, 1.165) is 17.7 Å². The molecule has 8 nitrogen and oxygen atoms in total. The molecule has 0 aliphatic heterocycles. The Morgan fingerprint density at radius 2 is 1.74 bits per heavy atom. The van der Waals surface area contributed by atoms with Crippen LogP contribution >= 0.6 is 0 Å². The van der Waals surface area contributed by atoms with E-state index in [-0.39, 0.29) is 10.7 Å². The van der Waals surface area contributed by atoms with E-state index in [0.29, 0.717) is 12.1 Å². The third kappa shape index (κ3) is 3.82. The molecule has 3 rings (SSSR count). The molecular formula is C18H21N5O3S. The largest absolute Gasteiger partial charge is 0.313 e. The van der Waals surface area contributed by atoms with E-state index in [1.807, 2.05) is 6.92 Å². The van der Waals surface area contributed by atoms with Gasteiger partial charge in [-0.2, -0.15) is 5.10 Å².